The molecule has 2 rings (SSSR count). The lowest BCUT2D eigenvalue weighted by Gasteiger charge is -2.22. The van der Waals surface area contributed by atoms with Gasteiger partial charge in [0, 0.05) is 13.2 Å². The summed E-state index contributed by atoms with van der Waals surface area (Å²) < 4.78 is 22.1. The van der Waals surface area contributed by atoms with Crippen LogP contribution in [0.25, 0.3) is 0 Å². The van der Waals surface area contributed by atoms with Gasteiger partial charge in [0.25, 0.3) is 11.6 Å². The smallest absolute Gasteiger partial charge is 0.256 e. The SMILES string of the molecule is CCOC(CC)C1(OCC)OC12CO2. The topological polar surface area (TPSA) is 43.5 Å². The third-order valence-corrected chi connectivity index (χ3v) is 2.73. The number of ether oxygens (including phenoxy) is 4. The maximum Gasteiger partial charge on any atom is 0.256 e. The Hall–Kier alpha value is -0.160. The molecule has 4 nitrogen and oxygen atoms in total. The Balaban J connectivity index is 2.03. The average Bonchev–Trinajstić information content (AvgIpc) is 3.05. The van der Waals surface area contributed by atoms with Gasteiger partial charge in [-0.15, -0.1) is 0 Å². The largest absolute Gasteiger partial charge is 0.373 e. The van der Waals surface area contributed by atoms with Crippen LogP contribution in [0.15, 0.2) is 0 Å². The molecular weight excluding hydrogens is 184 g/mol. The second-order valence-electron chi connectivity index (χ2n) is 3.60. The Labute approximate surface area is 84.5 Å². The van der Waals surface area contributed by atoms with Crippen molar-refractivity contribution in [1.29, 1.82) is 0 Å². The van der Waals surface area contributed by atoms with Gasteiger partial charge in [0.05, 0.1) is 0 Å². The van der Waals surface area contributed by atoms with Crippen LogP contribution >= 0.6 is 0 Å². The molecule has 0 aliphatic carbocycles. The summed E-state index contributed by atoms with van der Waals surface area (Å²) in [5.74, 6) is -1.08. The number of rotatable bonds is 6. The van der Waals surface area contributed by atoms with E-state index in [0.29, 0.717) is 19.8 Å². The molecule has 0 aromatic rings. The van der Waals surface area contributed by atoms with Gasteiger partial charge in [-0.3, -0.25) is 0 Å². The number of epoxide rings is 2. The van der Waals surface area contributed by atoms with Crippen LogP contribution in [-0.4, -0.2) is 37.5 Å². The van der Waals surface area contributed by atoms with Crippen LogP contribution in [-0.2, 0) is 18.9 Å². The Morgan fingerprint density at radius 1 is 1.29 bits per heavy atom. The maximum atomic E-state index is 5.65. The normalized spacial score (nSPS) is 41.4. The highest BCUT2D eigenvalue weighted by atomic mass is 17.0. The van der Waals surface area contributed by atoms with E-state index in [1.165, 1.54) is 0 Å². The van der Waals surface area contributed by atoms with Crippen LogP contribution in [0.2, 0.25) is 0 Å². The average molecular weight is 202 g/mol. The third kappa shape index (κ3) is 1.29. The van der Waals surface area contributed by atoms with E-state index in [0.717, 1.165) is 6.42 Å². The van der Waals surface area contributed by atoms with E-state index in [9.17, 15) is 0 Å². The molecule has 0 N–H and O–H groups in total. The van der Waals surface area contributed by atoms with E-state index in [1.54, 1.807) is 0 Å². The van der Waals surface area contributed by atoms with Crippen LogP contribution in [0.1, 0.15) is 27.2 Å². The standard InChI is InChI=1S/C10H18O4/c1-4-8(11-5-2)10(12-6-3)9(14-10)7-13-9/h8H,4-7H2,1-3H3. The molecule has 1 spiro atoms. The van der Waals surface area contributed by atoms with Gasteiger partial charge < -0.3 is 18.9 Å². The molecule has 2 aliphatic rings. The van der Waals surface area contributed by atoms with Gasteiger partial charge in [0.1, 0.15) is 12.7 Å². The van der Waals surface area contributed by atoms with Crippen LogP contribution in [0.5, 0.6) is 0 Å². The van der Waals surface area contributed by atoms with Crippen molar-refractivity contribution in [2.75, 3.05) is 19.8 Å². The molecule has 0 radical (unpaired) electrons. The van der Waals surface area contributed by atoms with Gasteiger partial charge in [0.2, 0.25) is 0 Å². The Kier molecular flexibility index (Phi) is 2.55. The van der Waals surface area contributed by atoms with E-state index in [2.05, 4.69) is 6.92 Å². The molecule has 2 aliphatic heterocycles. The molecule has 2 saturated heterocycles. The van der Waals surface area contributed by atoms with Crippen molar-refractivity contribution in [3.63, 3.8) is 0 Å². The highest BCUT2D eigenvalue weighted by molar-refractivity contribution is 5.15. The molecule has 82 valence electrons. The lowest BCUT2D eigenvalue weighted by Crippen LogP contribution is -2.38. The summed E-state index contributed by atoms with van der Waals surface area (Å²) >= 11 is 0. The fraction of sp³-hybridized carbons (Fsp3) is 1.00. The first-order valence-electron chi connectivity index (χ1n) is 5.34. The summed E-state index contributed by atoms with van der Waals surface area (Å²) in [7, 11) is 0. The first-order chi connectivity index (χ1) is 6.74. The van der Waals surface area contributed by atoms with E-state index in [4.69, 9.17) is 18.9 Å². The van der Waals surface area contributed by atoms with E-state index < -0.39 is 11.6 Å². The van der Waals surface area contributed by atoms with Crippen molar-refractivity contribution in [2.45, 2.75) is 44.9 Å². The van der Waals surface area contributed by atoms with E-state index in [1.807, 2.05) is 13.8 Å². The highest BCUT2D eigenvalue weighted by Crippen LogP contribution is 2.61. The predicted molar refractivity (Wildman–Crippen MR) is 49.8 cm³/mol. The first kappa shape index (κ1) is 10.4. The molecule has 0 amide bonds. The van der Waals surface area contributed by atoms with E-state index in [-0.39, 0.29) is 6.10 Å². The molecular formula is C10H18O4. The third-order valence-electron chi connectivity index (χ3n) is 2.73. The molecule has 14 heavy (non-hydrogen) atoms. The fourth-order valence-corrected chi connectivity index (χ4v) is 2.00. The summed E-state index contributed by atoms with van der Waals surface area (Å²) in [5.41, 5.74) is 0. The monoisotopic (exact) mass is 202 g/mol. The molecule has 0 saturated carbocycles. The Morgan fingerprint density at radius 3 is 2.36 bits per heavy atom. The minimum atomic E-state index is -0.619. The molecule has 3 atom stereocenters. The zero-order valence-corrected chi connectivity index (χ0v) is 9.04. The predicted octanol–water partition coefficient (Wildman–Crippen LogP) is 1.29. The zero-order chi connectivity index (χ0) is 10.2. The number of hydrogen-bond donors (Lipinski definition) is 0. The van der Waals surface area contributed by atoms with Crippen molar-refractivity contribution in [3.8, 4) is 0 Å². The van der Waals surface area contributed by atoms with Gasteiger partial charge in [-0.25, -0.2) is 0 Å². The molecule has 4 heteroatoms. The first-order valence-corrected chi connectivity index (χ1v) is 5.34. The van der Waals surface area contributed by atoms with Crippen LogP contribution in [0.3, 0.4) is 0 Å². The molecule has 0 bridgehead atoms. The summed E-state index contributed by atoms with van der Waals surface area (Å²) in [6.45, 7) is 7.93. The van der Waals surface area contributed by atoms with Gasteiger partial charge in [-0.05, 0) is 20.3 Å². The van der Waals surface area contributed by atoms with Gasteiger partial charge in [0.15, 0.2) is 0 Å². The van der Waals surface area contributed by atoms with Gasteiger partial charge in [-0.1, -0.05) is 6.92 Å². The van der Waals surface area contributed by atoms with Crippen molar-refractivity contribution in [1.82, 2.24) is 0 Å². The Bertz CT molecular complexity index is 214. The quantitative estimate of drug-likeness (QED) is 0.609. The molecule has 2 fully saturated rings. The van der Waals surface area contributed by atoms with Crippen LogP contribution in [0.4, 0.5) is 0 Å². The van der Waals surface area contributed by atoms with E-state index >= 15 is 0 Å². The van der Waals surface area contributed by atoms with Crippen molar-refractivity contribution >= 4 is 0 Å². The summed E-state index contributed by atoms with van der Waals surface area (Å²) in [6, 6.07) is 0. The van der Waals surface area contributed by atoms with Crippen LogP contribution < -0.4 is 0 Å². The fourth-order valence-electron chi connectivity index (χ4n) is 2.00. The molecule has 2 heterocycles. The van der Waals surface area contributed by atoms with Crippen molar-refractivity contribution in [3.05, 3.63) is 0 Å². The van der Waals surface area contributed by atoms with Gasteiger partial charge in [-0.2, -0.15) is 0 Å². The van der Waals surface area contributed by atoms with Crippen molar-refractivity contribution in [2.24, 2.45) is 0 Å². The summed E-state index contributed by atoms with van der Waals surface area (Å²) in [6.07, 6.45) is 0.855. The number of hydrogen-bond acceptors (Lipinski definition) is 4. The molecule has 0 aromatic carbocycles. The van der Waals surface area contributed by atoms with Crippen LogP contribution in [0, 0.1) is 0 Å². The second kappa shape index (κ2) is 3.45. The summed E-state index contributed by atoms with van der Waals surface area (Å²) in [5, 5.41) is 0. The molecule has 3 unspecified atom stereocenters. The maximum absolute atomic E-state index is 5.65. The second-order valence-corrected chi connectivity index (χ2v) is 3.60. The Morgan fingerprint density at radius 2 is 2.00 bits per heavy atom. The lowest BCUT2D eigenvalue weighted by molar-refractivity contribution is -0.139. The van der Waals surface area contributed by atoms with Gasteiger partial charge >= 0.3 is 0 Å². The highest BCUT2D eigenvalue weighted by Gasteiger charge is 2.85. The lowest BCUT2D eigenvalue weighted by atomic mass is 10.1. The minimum Gasteiger partial charge on any atom is -0.373 e. The zero-order valence-electron chi connectivity index (χ0n) is 9.04. The summed E-state index contributed by atoms with van der Waals surface area (Å²) in [4.78, 5) is 0. The minimum absolute atomic E-state index is 0.0186. The molecule has 0 aromatic heterocycles. The van der Waals surface area contributed by atoms with Crippen molar-refractivity contribution < 1.29 is 18.9 Å².